The highest BCUT2D eigenvalue weighted by molar-refractivity contribution is 7.89. The van der Waals surface area contributed by atoms with Gasteiger partial charge in [0.15, 0.2) is 0 Å². The summed E-state index contributed by atoms with van der Waals surface area (Å²) in [4.78, 5) is 8.02. The molecule has 0 spiro atoms. The molecular weight excluding hydrogens is 284 g/mol. The van der Waals surface area contributed by atoms with E-state index in [-0.39, 0.29) is 16.8 Å². The van der Waals surface area contributed by atoms with E-state index in [4.69, 9.17) is 5.73 Å². The van der Waals surface area contributed by atoms with Crippen LogP contribution in [0.15, 0.2) is 34.8 Å². The molecule has 0 fully saturated rings. The minimum absolute atomic E-state index is 0.106. The van der Waals surface area contributed by atoms with Gasteiger partial charge in [0, 0.05) is 23.8 Å². The summed E-state index contributed by atoms with van der Waals surface area (Å²) >= 11 is 1.42. The minimum atomic E-state index is -3.62. The zero-order chi connectivity index (χ0) is 13.9. The Morgan fingerprint density at radius 1 is 1.42 bits per heavy atom. The molecule has 102 valence electrons. The molecule has 0 amide bonds. The quantitative estimate of drug-likeness (QED) is 0.872. The van der Waals surface area contributed by atoms with Crippen LogP contribution in [0.2, 0.25) is 0 Å². The Kier molecular flexibility index (Phi) is 4.13. The van der Waals surface area contributed by atoms with Crippen LogP contribution in [-0.2, 0) is 10.0 Å². The third kappa shape index (κ3) is 3.28. The first-order chi connectivity index (χ1) is 9.03. The van der Waals surface area contributed by atoms with E-state index >= 15 is 0 Å². The lowest BCUT2D eigenvalue weighted by molar-refractivity contribution is 0.549. The second-order valence-corrected chi connectivity index (χ2v) is 6.51. The summed E-state index contributed by atoms with van der Waals surface area (Å²) in [6, 6.07) is 2.41. The largest absolute Gasteiger partial charge is 0.384 e. The molecule has 0 bridgehead atoms. The number of aromatic nitrogens is 2. The van der Waals surface area contributed by atoms with Crippen LogP contribution in [0.25, 0.3) is 0 Å². The maximum Gasteiger partial charge on any atom is 0.241 e. The highest BCUT2D eigenvalue weighted by Gasteiger charge is 2.22. The van der Waals surface area contributed by atoms with E-state index in [1.54, 1.807) is 6.20 Å². The number of hydrogen-bond acceptors (Lipinski definition) is 6. The van der Waals surface area contributed by atoms with Crippen LogP contribution in [0.1, 0.15) is 24.4 Å². The molecule has 19 heavy (non-hydrogen) atoms. The first-order valence-electron chi connectivity index (χ1n) is 5.66. The number of sulfonamides is 1. The molecule has 3 N–H and O–H groups in total. The molecule has 0 aromatic carbocycles. The molecule has 2 heterocycles. The van der Waals surface area contributed by atoms with Gasteiger partial charge in [0.2, 0.25) is 10.0 Å². The second-order valence-electron chi connectivity index (χ2n) is 3.87. The Balaban J connectivity index is 2.26. The van der Waals surface area contributed by atoms with Crippen LogP contribution in [0.3, 0.4) is 0 Å². The van der Waals surface area contributed by atoms with Gasteiger partial charge in [-0.2, -0.15) is 0 Å². The van der Waals surface area contributed by atoms with Gasteiger partial charge in [-0.05, 0) is 12.5 Å². The van der Waals surface area contributed by atoms with Crippen molar-refractivity contribution in [1.29, 1.82) is 0 Å². The highest BCUT2D eigenvalue weighted by atomic mass is 32.2. The number of nitrogen functional groups attached to an aromatic ring is 1. The van der Waals surface area contributed by atoms with E-state index in [1.807, 2.05) is 12.3 Å². The molecule has 8 heteroatoms. The van der Waals surface area contributed by atoms with Gasteiger partial charge in [0.25, 0.3) is 0 Å². The highest BCUT2D eigenvalue weighted by Crippen LogP contribution is 2.22. The van der Waals surface area contributed by atoms with E-state index in [2.05, 4.69) is 14.7 Å². The summed E-state index contributed by atoms with van der Waals surface area (Å²) in [5.41, 5.74) is 5.50. The van der Waals surface area contributed by atoms with Crippen LogP contribution in [0.4, 0.5) is 5.82 Å². The normalized spacial score (nSPS) is 13.3. The van der Waals surface area contributed by atoms with Crippen molar-refractivity contribution in [3.05, 3.63) is 34.9 Å². The third-order valence-corrected chi connectivity index (χ3v) is 4.88. The SMILES string of the molecule is CCC(NS(=O)(=O)c1ccnc(N)c1)c1nccs1. The molecule has 0 aliphatic carbocycles. The Morgan fingerprint density at radius 3 is 2.79 bits per heavy atom. The van der Waals surface area contributed by atoms with Crippen LogP contribution < -0.4 is 10.5 Å². The van der Waals surface area contributed by atoms with Gasteiger partial charge >= 0.3 is 0 Å². The lowest BCUT2D eigenvalue weighted by Crippen LogP contribution is -2.28. The smallest absolute Gasteiger partial charge is 0.241 e. The van der Waals surface area contributed by atoms with Crippen molar-refractivity contribution in [3.63, 3.8) is 0 Å². The van der Waals surface area contributed by atoms with Crippen molar-refractivity contribution in [2.24, 2.45) is 0 Å². The van der Waals surface area contributed by atoms with Gasteiger partial charge in [-0.25, -0.2) is 23.1 Å². The number of nitrogens with zero attached hydrogens (tertiary/aromatic N) is 2. The van der Waals surface area contributed by atoms with Gasteiger partial charge in [0.05, 0.1) is 10.9 Å². The third-order valence-electron chi connectivity index (χ3n) is 2.52. The molecule has 2 aromatic heterocycles. The van der Waals surface area contributed by atoms with Gasteiger partial charge in [-0.3, -0.25) is 0 Å². The van der Waals surface area contributed by atoms with E-state index in [1.165, 1.54) is 29.7 Å². The molecule has 1 unspecified atom stereocenters. The molecule has 0 aliphatic heterocycles. The minimum Gasteiger partial charge on any atom is -0.384 e. The molecular formula is C11H14N4O2S2. The molecule has 0 saturated heterocycles. The summed E-state index contributed by atoms with van der Waals surface area (Å²) in [5.74, 6) is 0.171. The second kappa shape index (κ2) is 5.64. The van der Waals surface area contributed by atoms with Gasteiger partial charge in [-0.15, -0.1) is 11.3 Å². The van der Waals surface area contributed by atoms with Crippen molar-refractivity contribution in [1.82, 2.24) is 14.7 Å². The van der Waals surface area contributed by atoms with Crippen molar-refractivity contribution >= 4 is 27.2 Å². The Morgan fingerprint density at radius 2 is 2.21 bits per heavy atom. The summed E-state index contributed by atoms with van der Waals surface area (Å²) in [5, 5.41) is 2.56. The van der Waals surface area contributed by atoms with E-state index in [0.29, 0.717) is 6.42 Å². The number of pyridine rings is 1. The number of nitrogens with one attached hydrogen (secondary N) is 1. The number of nitrogens with two attached hydrogens (primary N) is 1. The zero-order valence-corrected chi connectivity index (χ0v) is 11.9. The molecule has 2 rings (SSSR count). The van der Waals surface area contributed by atoms with Gasteiger partial charge in [-0.1, -0.05) is 6.92 Å². The first-order valence-corrected chi connectivity index (χ1v) is 8.02. The average molecular weight is 298 g/mol. The Labute approximate surface area is 115 Å². The van der Waals surface area contributed by atoms with Crippen LogP contribution >= 0.6 is 11.3 Å². The lowest BCUT2D eigenvalue weighted by Gasteiger charge is -2.14. The summed E-state index contributed by atoms with van der Waals surface area (Å²) in [7, 11) is -3.62. The standard InChI is InChI=1S/C11H14N4O2S2/c1-2-9(11-14-5-6-18-11)15-19(16,17)8-3-4-13-10(12)7-8/h3-7,9,15H,2H2,1H3,(H2,12,13). The number of hydrogen-bond donors (Lipinski definition) is 2. The lowest BCUT2D eigenvalue weighted by atomic mass is 10.3. The average Bonchev–Trinajstić information content (AvgIpc) is 2.90. The number of anilines is 1. The predicted molar refractivity (Wildman–Crippen MR) is 74.1 cm³/mol. The molecule has 0 radical (unpaired) electrons. The summed E-state index contributed by atoms with van der Waals surface area (Å²) in [6.45, 7) is 1.90. The fourth-order valence-corrected chi connectivity index (χ4v) is 3.72. The fourth-order valence-electron chi connectivity index (χ4n) is 1.57. The van der Waals surface area contributed by atoms with Crippen molar-refractivity contribution in [2.75, 3.05) is 5.73 Å². The first kappa shape index (κ1) is 13.9. The van der Waals surface area contributed by atoms with Gasteiger partial charge in [0.1, 0.15) is 10.8 Å². The Hall–Kier alpha value is -1.51. The number of thiazole rings is 1. The summed E-state index contributed by atoms with van der Waals surface area (Å²) in [6.07, 6.45) is 3.64. The van der Waals surface area contributed by atoms with Gasteiger partial charge < -0.3 is 5.73 Å². The maximum atomic E-state index is 12.2. The molecule has 1 atom stereocenters. The molecule has 0 saturated carbocycles. The fraction of sp³-hybridized carbons (Fsp3) is 0.273. The van der Waals surface area contributed by atoms with Crippen molar-refractivity contribution in [2.45, 2.75) is 24.3 Å². The van der Waals surface area contributed by atoms with E-state index < -0.39 is 10.0 Å². The molecule has 6 nitrogen and oxygen atoms in total. The van der Waals surface area contributed by atoms with Crippen LogP contribution in [-0.4, -0.2) is 18.4 Å². The number of rotatable bonds is 5. The topological polar surface area (TPSA) is 98.0 Å². The molecule has 0 aliphatic rings. The van der Waals surface area contributed by atoms with Crippen molar-refractivity contribution in [3.8, 4) is 0 Å². The monoisotopic (exact) mass is 298 g/mol. The predicted octanol–water partition coefficient (Wildman–Crippen LogP) is 1.55. The zero-order valence-electron chi connectivity index (χ0n) is 10.3. The van der Waals surface area contributed by atoms with E-state index in [9.17, 15) is 8.42 Å². The molecule has 2 aromatic rings. The Bertz CT molecular complexity index is 640. The van der Waals surface area contributed by atoms with Crippen molar-refractivity contribution < 1.29 is 8.42 Å². The van der Waals surface area contributed by atoms with E-state index in [0.717, 1.165) is 5.01 Å². The maximum absolute atomic E-state index is 12.2. The summed E-state index contributed by atoms with van der Waals surface area (Å²) < 4.78 is 27.1. The van der Waals surface area contributed by atoms with Crippen LogP contribution in [0, 0.1) is 0 Å². The van der Waals surface area contributed by atoms with Crippen LogP contribution in [0.5, 0.6) is 0 Å².